The smallest absolute Gasteiger partial charge is 0.312 e. The molecule has 2 rings (SSSR count). The molecule has 2 heterocycles. The number of rotatable bonds is 2. The maximum absolute atomic E-state index is 11.6. The Labute approximate surface area is 96.7 Å². The Morgan fingerprint density at radius 3 is 2.81 bits per heavy atom. The van der Waals surface area contributed by atoms with Gasteiger partial charge in [0.2, 0.25) is 0 Å². The number of thiazole rings is 1. The van der Waals surface area contributed by atoms with Gasteiger partial charge in [-0.3, -0.25) is 9.59 Å². The summed E-state index contributed by atoms with van der Waals surface area (Å²) in [5.74, 6) is -0.913. The van der Waals surface area contributed by atoms with E-state index in [9.17, 15) is 9.59 Å². The van der Waals surface area contributed by atoms with Gasteiger partial charge < -0.3 is 15.5 Å². The summed E-state index contributed by atoms with van der Waals surface area (Å²) in [7, 11) is 1.63. The van der Waals surface area contributed by atoms with E-state index in [1.165, 1.54) is 21.1 Å². The van der Waals surface area contributed by atoms with Gasteiger partial charge in [0.1, 0.15) is 0 Å². The van der Waals surface area contributed by atoms with Gasteiger partial charge >= 0.3 is 11.8 Å². The molecule has 0 radical (unpaired) electrons. The molecule has 0 atom stereocenters. The van der Waals surface area contributed by atoms with E-state index in [1.807, 2.05) is 0 Å². The average molecular weight is 240 g/mol. The molecule has 2 N–H and O–H groups in total. The number of piperazine rings is 1. The third-order valence-electron chi connectivity index (χ3n) is 2.44. The number of amides is 2. The molecule has 1 aromatic rings. The van der Waals surface area contributed by atoms with Crippen molar-refractivity contribution in [2.75, 3.05) is 25.9 Å². The highest BCUT2D eigenvalue weighted by atomic mass is 32.1. The third kappa shape index (κ3) is 1.99. The summed E-state index contributed by atoms with van der Waals surface area (Å²) in [5, 5.41) is 0.475. The summed E-state index contributed by atoms with van der Waals surface area (Å²) in [6, 6.07) is 0. The third-order valence-corrected chi connectivity index (χ3v) is 3.25. The molecule has 86 valence electrons. The number of nitrogens with zero attached hydrogens (tertiary/aromatic N) is 3. The van der Waals surface area contributed by atoms with Gasteiger partial charge in [-0.2, -0.15) is 0 Å². The monoisotopic (exact) mass is 240 g/mol. The minimum Gasteiger partial charge on any atom is -0.375 e. The molecule has 1 fully saturated rings. The van der Waals surface area contributed by atoms with Crippen LogP contribution in [0.15, 0.2) is 6.20 Å². The topological polar surface area (TPSA) is 79.5 Å². The first kappa shape index (κ1) is 10.9. The molecule has 1 saturated heterocycles. The van der Waals surface area contributed by atoms with E-state index < -0.39 is 11.8 Å². The number of carbonyl (C=O) groups excluding carboxylic acids is 2. The second-order valence-corrected chi connectivity index (χ2v) is 4.77. The number of likely N-dealkylation sites (N-methyl/N-ethyl adjacent to an activating group) is 1. The molecule has 6 nitrogen and oxygen atoms in total. The molecular formula is C9H12N4O2S. The molecule has 2 amide bonds. The van der Waals surface area contributed by atoms with Gasteiger partial charge in [-0.25, -0.2) is 4.98 Å². The van der Waals surface area contributed by atoms with Crippen LogP contribution in [0.5, 0.6) is 0 Å². The molecule has 0 aromatic carbocycles. The van der Waals surface area contributed by atoms with Crippen LogP contribution in [0.4, 0.5) is 5.13 Å². The Kier molecular flexibility index (Phi) is 2.78. The molecule has 16 heavy (non-hydrogen) atoms. The van der Waals surface area contributed by atoms with Crippen molar-refractivity contribution in [1.82, 2.24) is 14.8 Å². The fourth-order valence-corrected chi connectivity index (χ4v) is 2.21. The molecule has 1 aliphatic rings. The van der Waals surface area contributed by atoms with Crippen LogP contribution < -0.4 is 5.73 Å². The number of hydrogen-bond donors (Lipinski definition) is 1. The van der Waals surface area contributed by atoms with E-state index in [4.69, 9.17) is 5.73 Å². The van der Waals surface area contributed by atoms with Crippen molar-refractivity contribution < 1.29 is 9.59 Å². The first-order valence-corrected chi connectivity index (χ1v) is 5.64. The number of nitrogen functional groups attached to an aromatic ring is 1. The number of nitrogens with two attached hydrogens (primary N) is 1. The van der Waals surface area contributed by atoms with Crippen LogP contribution in [0.25, 0.3) is 0 Å². The normalized spacial score (nSPS) is 17.1. The first-order valence-electron chi connectivity index (χ1n) is 4.82. The molecular weight excluding hydrogens is 228 g/mol. The summed E-state index contributed by atoms with van der Waals surface area (Å²) in [6.07, 6.45) is 1.63. The largest absolute Gasteiger partial charge is 0.375 e. The van der Waals surface area contributed by atoms with Gasteiger partial charge in [0, 0.05) is 31.2 Å². The van der Waals surface area contributed by atoms with Crippen LogP contribution >= 0.6 is 11.3 Å². The zero-order valence-electron chi connectivity index (χ0n) is 8.84. The molecule has 1 aliphatic heterocycles. The lowest BCUT2D eigenvalue weighted by molar-refractivity contribution is -0.155. The fraction of sp³-hybridized carbons (Fsp3) is 0.444. The maximum Gasteiger partial charge on any atom is 0.312 e. The zero-order chi connectivity index (χ0) is 11.7. The van der Waals surface area contributed by atoms with E-state index in [0.717, 1.165) is 4.88 Å². The van der Waals surface area contributed by atoms with Crippen LogP contribution in [0.1, 0.15) is 4.88 Å². The molecule has 0 aliphatic carbocycles. The van der Waals surface area contributed by atoms with Gasteiger partial charge in [0.25, 0.3) is 0 Å². The van der Waals surface area contributed by atoms with Gasteiger partial charge in [-0.1, -0.05) is 0 Å². The van der Waals surface area contributed by atoms with E-state index >= 15 is 0 Å². The molecule has 0 bridgehead atoms. The lowest BCUT2D eigenvalue weighted by atomic mass is 10.3. The van der Waals surface area contributed by atoms with Crippen LogP contribution in [-0.4, -0.2) is 46.7 Å². The van der Waals surface area contributed by atoms with Crippen LogP contribution in [0, 0.1) is 0 Å². The van der Waals surface area contributed by atoms with Gasteiger partial charge in [0.05, 0.1) is 6.54 Å². The molecule has 7 heteroatoms. The quantitative estimate of drug-likeness (QED) is 0.708. The van der Waals surface area contributed by atoms with E-state index in [1.54, 1.807) is 13.2 Å². The van der Waals surface area contributed by atoms with E-state index in [-0.39, 0.29) is 0 Å². The van der Waals surface area contributed by atoms with Crippen molar-refractivity contribution in [3.8, 4) is 0 Å². The van der Waals surface area contributed by atoms with Crippen LogP contribution in [0.2, 0.25) is 0 Å². The summed E-state index contributed by atoms with van der Waals surface area (Å²) in [4.78, 5) is 30.8. The Morgan fingerprint density at radius 2 is 2.19 bits per heavy atom. The number of hydrogen-bond acceptors (Lipinski definition) is 5. The molecule has 0 unspecified atom stereocenters. The minimum atomic E-state index is -0.458. The van der Waals surface area contributed by atoms with Crippen molar-refractivity contribution in [3.05, 3.63) is 11.1 Å². The lowest BCUT2D eigenvalue weighted by Crippen LogP contribution is -2.52. The molecule has 0 saturated carbocycles. The van der Waals surface area contributed by atoms with Crippen LogP contribution in [-0.2, 0) is 16.1 Å². The SMILES string of the molecule is CN1CCN(Cc2cnc(N)s2)C(=O)C1=O. The second-order valence-electron chi connectivity index (χ2n) is 3.62. The fourth-order valence-electron chi connectivity index (χ4n) is 1.51. The predicted octanol–water partition coefficient (Wildman–Crippen LogP) is -0.474. The average Bonchev–Trinajstić information content (AvgIpc) is 2.65. The summed E-state index contributed by atoms with van der Waals surface area (Å²) in [6.45, 7) is 1.53. The number of aromatic nitrogens is 1. The van der Waals surface area contributed by atoms with Gasteiger partial charge in [-0.05, 0) is 0 Å². The maximum atomic E-state index is 11.6. The zero-order valence-corrected chi connectivity index (χ0v) is 9.66. The summed E-state index contributed by atoms with van der Waals surface area (Å²) >= 11 is 1.33. The minimum absolute atomic E-state index is 0.410. The predicted molar refractivity (Wildman–Crippen MR) is 59.6 cm³/mol. The highest BCUT2D eigenvalue weighted by Crippen LogP contribution is 2.17. The Bertz CT molecular complexity index is 431. The number of anilines is 1. The standard InChI is InChI=1S/C9H12N4O2S/c1-12-2-3-13(8(15)7(12)14)5-6-4-11-9(10)16-6/h4H,2-3,5H2,1H3,(H2,10,11). The summed E-state index contributed by atoms with van der Waals surface area (Å²) < 4.78 is 0. The van der Waals surface area contributed by atoms with E-state index in [2.05, 4.69) is 4.98 Å². The highest BCUT2D eigenvalue weighted by molar-refractivity contribution is 7.15. The van der Waals surface area contributed by atoms with E-state index in [0.29, 0.717) is 24.8 Å². The van der Waals surface area contributed by atoms with Crippen molar-refractivity contribution in [2.24, 2.45) is 0 Å². The van der Waals surface area contributed by atoms with Crippen molar-refractivity contribution in [1.29, 1.82) is 0 Å². The molecule has 1 aromatic heterocycles. The summed E-state index contributed by atoms with van der Waals surface area (Å²) in [5.41, 5.74) is 5.50. The second kappa shape index (κ2) is 4.09. The Balaban J connectivity index is 2.06. The van der Waals surface area contributed by atoms with Gasteiger partial charge in [0.15, 0.2) is 5.13 Å². The lowest BCUT2D eigenvalue weighted by Gasteiger charge is -2.30. The Morgan fingerprint density at radius 1 is 1.44 bits per heavy atom. The molecule has 0 spiro atoms. The van der Waals surface area contributed by atoms with Gasteiger partial charge in [-0.15, -0.1) is 11.3 Å². The van der Waals surface area contributed by atoms with Crippen LogP contribution in [0.3, 0.4) is 0 Å². The van der Waals surface area contributed by atoms with Crippen molar-refractivity contribution in [2.45, 2.75) is 6.54 Å². The first-order chi connectivity index (χ1) is 7.58. The Hall–Kier alpha value is -1.63. The highest BCUT2D eigenvalue weighted by Gasteiger charge is 2.30. The van der Waals surface area contributed by atoms with Crippen molar-refractivity contribution >= 4 is 28.3 Å². The van der Waals surface area contributed by atoms with Crippen molar-refractivity contribution in [3.63, 3.8) is 0 Å². The number of carbonyl (C=O) groups is 2.